The second-order valence-electron chi connectivity index (χ2n) is 5.26. The summed E-state index contributed by atoms with van der Waals surface area (Å²) in [6, 6.07) is 5.73. The third-order valence-electron chi connectivity index (χ3n) is 2.96. The molecule has 1 aromatic heterocycles. The van der Waals surface area contributed by atoms with E-state index in [4.69, 9.17) is 4.74 Å². The first-order valence-corrected chi connectivity index (χ1v) is 8.45. The molecule has 22 heavy (non-hydrogen) atoms. The van der Waals surface area contributed by atoms with Gasteiger partial charge in [-0.05, 0) is 24.1 Å². The normalized spacial score (nSPS) is 12.1. The van der Waals surface area contributed by atoms with Crippen LogP contribution >= 0.6 is 27.3 Å². The van der Waals surface area contributed by atoms with Crippen LogP contribution in [0, 0.1) is 5.92 Å². The van der Waals surface area contributed by atoms with E-state index in [9.17, 15) is 9.59 Å². The van der Waals surface area contributed by atoms with E-state index >= 15 is 0 Å². The molecule has 0 saturated carbocycles. The molecular formula is C15H17BrN2O3S. The molecular weight excluding hydrogens is 368 g/mol. The summed E-state index contributed by atoms with van der Waals surface area (Å²) in [5, 5.41) is 0. The van der Waals surface area contributed by atoms with Crippen LogP contribution in [-0.4, -0.2) is 23.6 Å². The number of carbonyl (C=O) groups excluding carboxylic acids is 2. The van der Waals surface area contributed by atoms with Crippen molar-refractivity contribution in [1.29, 1.82) is 0 Å². The average molecular weight is 385 g/mol. The summed E-state index contributed by atoms with van der Waals surface area (Å²) in [4.78, 5) is 28.3. The molecule has 2 rings (SSSR count). The molecule has 0 aliphatic rings. The van der Waals surface area contributed by atoms with Gasteiger partial charge < -0.3 is 9.30 Å². The van der Waals surface area contributed by atoms with E-state index in [-0.39, 0.29) is 24.3 Å². The molecule has 1 amide bonds. The van der Waals surface area contributed by atoms with E-state index in [0.29, 0.717) is 11.2 Å². The fourth-order valence-corrected chi connectivity index (χ4v) is 3.58. The number of esters is 1. The first-order valence-electron chi connectivity index (χ1n) is 6.84. The van der Waals surface area contributed by atoms with Gasteiger partial charge in [-0.1, -0.05) is 41.1 Å². The fraction of sp³-hybridized carbons (Fsp3) is 0.400. The van der Waals surface area contributed by atoms with Crippen LogP contribution in [0.5, 0.6) is 0 Å². The van der Waals surface area contributed by atoms with Gasteiger partial charge in [-0.25, -0.2) is 0 Å². The van der Waals surface area contributed by atoms with Crippen LogP contribution in [0.25, 0.3) is 10.2 Å². The lowest BCUT2D eigenvalue weighted by Gasteiger charge is -2.04. The van der Waals surface area contributed by atoms with Crippen LogP contribution in [0.2, 0.25) is 0 Å². The fourth-order valence-electron chi connectivity index (χ4n) is 1.98. The van der Waals surface area contributed by atoms with Gasteiger partial charge in [-0.15, -0.1) is 0 Å². The zero-order valence-corrected chi connectivity index (χ0v) is 15.0. The lowest BCUT2D eigenvalue weighted by Crippen LogP contribution is -2.22. The molecule has 0 unspecified atom stereocenters. The largest absolute Gasteiger partial charge is 0.468 e. The summed E-state index contributed by atoms with van der Waals surface area (Å²) >= 11 is 4.81. The highest BCUT2D eigenvalue weighted by atomic mass is 79.9. The van der Waals surface area contributed by atoms with E-state index in [1.165, 1.54) is 18.4 Å². The van der Waals surface area contributed by atoms with Gasteiger partial charge >= 0.3 is 5.97 Å². The van der Waals surface area contributed by atoms with Crippen LogP contribution in [0.4, 0.5) is 0 Å². The number of hydrogen-bond acceptors (Lipinski definition) is 4. The van der Waals surface area contributed by atoms with Crippen molar-refractivity contribution in [2.24, 2.45) is 10.9 Å². The molecule has 0 spiro atoms. The highest BCUT2D eigenvalue weighted by Gasteiger charge is 2.12. The third kappa shape index (κ3) is 4.04. The second kappa shape index (κ2) is 7.19. The first kappa shape index (κ1) is 16.9. The first-order chi connectivity index (χ1) is 10.4. The van der Waals surface area contributed by atoms with E-state index < -0.39 is 0 Å². The molecule has 118 valence electrons. The molecule has 7 heteroatoms. The summed E-state index contributed by atoms with van der Waals surface area (Å²) in [6.45, 7) is 3.97. The molecule has 1 heterocycles. The molecule has 1 aromatic carbocycles. The van der Waals surface area contributed by atoms with Crippen molar-refractivity contribution in [1.82, 2.24) is 4.57 Å². The van der Waals surface area contributed by atoms with Crippen molar-refractivity contribution >= 4 is 49.4 Å². The summed E-state index contributed by atoms with van der Waals surface area (Å²) in [5.41, 5.74) is 0.856. The molecule has 2 aromatic rings. The van der Waals surface area contributed by atoms with Crippen LogP contribution in [0.3, 0.4) is 0 Å². The predicted molar refractivity (Wildman–Crippen MR) is 89.6 cm³/mol. The van der Waals surface area contributed by atoms with Crippen LogP contribution in [0.15, 0.2) is 27.7 Å². The van der Waals surface area contributed by atoms with Crippen molar-refractivity contribution in [3.8, 4) is 0 Å². The van der Waals surface area contributed by atoms with Crippen LogP contribution < -0.4 is 4.80 Å². The van der Waals surface area contributed by atoms with Gasteiger partial charge in [0.05, 0.1) is 17.3 Å². The Morgan fingerprint density at radius 1 is 1.41 bits per heavy atom. The molecule has 0 aliphatic heterocycles. The number of methoxy groups -OCH3 is 1. The van der Waals surface area contributed by atoms with Crippen molar-refractivity contribution in [3.63, 3.8) is 0 Å². The van der Waals surface area contributed by atoms with Crippen LogP contribution in [-0.2, 0) is 20.9 Å². The summed E-state index contributed by atoms with van der Waals surface area (Å²) < 4.78 is 8.34. The Kier molecular flexibility index (Phi) is 5.52. The van der Waals surface area contributed by atoms with Crippen molar-refractivity contribution in [3.05, 3.63) is 27.5 Å². The number of thiazole rings is 1. The van der Waals surface area contributed by atoms with Crippen molar-refractivity contribution < 1.29 is 14.3 Å². The Labute approximate surface area is 140 Å². The Bertz CT molecular complexity index is 777. The number of halogens is 1. The number of carbonyl (C=O) groups is 2. The number of rotatable bonds is 4. The SMILES string of the molecule is COC(=O)Cn1c(=NC(=O)CC(C)C)sc2cc(Br)ccc21. The highest BCUT2D eigenvalue weighted by Crippen LogP contribution is 2.22. The number of aromatic nitrogens is 1. The standard InChI is InChI=1S/C15H17BrN2O3S/c1-9(2)6-13(19)17-15-18(8-14(20)21-3)11-5-4-10(16)7-12(11)22-15/h4-5,7,9H,6,8H2,1-3H3. The topological polar surface area (TPSA) is 60.7 Å². The molecule has 0 fully saturated rings. The molecule has 0 aliphatic carbocycles. The number of benzene rings is 1. The molecule has 0 N–H and O–H groups in total. The molecule has 0 bridgehead atoms. The number of nitrogens with zero attached hydrogens (tertiary/aromatic N) is 2. The van der Waals surface area contributed by atoms with Gasteiger partial charge in [0.2, 0.25) is 5.91 Å². The number of amides is 1. The van der Waals surface area contributed by atoms with Gasteiger partial charge in [0, 0.05) is 10.9 Å². The monoisotopic (exact) mass is 384 g/mol. The average Bonchev–Trinajstić information content (AvgIpc) is 2.74. The van der Waals surface area contributed by atoms with Gasteiger partial charge in [0.1, 0.15) is 6.54 Å². The highest BCUT2D eigenvalue weighted by molar-refractivity contribution is 9.10. The molecule has 0 saturated heterocycles. The van der Waals surface area contributed by atoms with E-state index in [1.54, 1.807) is 4.57 Å². The zero-order chi connectivity index (χ0) is 16.3. The van der Waals surface area contributed by atoms with Gasteiger partial charge in [0.15, 0.2) is 4.80 Å². The predicted octanol–water partition coefficient (Wildman–Crippen LogP) is 3.11. The van der Waals surface area contributed by atoms with Crippen molar-refractivity contribution in [2.45, 2.75) is 26.8 Å². The molecule has 0 radical (unpaired) electrons. The summed E-state index contributed by atoms with van der Waals surface area (Å²) in [5.74, 6) is -0.312. The second-order valence-corrected chi connectivity index (χ2v) is 7.19. The van der Waals surface area contributed by atoms with Crippen LogP contribution in [0.1, 0.15) is 20.3 Å². The Hall–Kier alpha value is -1.47. The van der Waals surface area contributed by atoms with Gasteiger partial charge in [-0.3, -0.25) is 9.59 Å². The number of fused-ring (bicyclic) bond motifs is 1. The van der Waals surface area contributed by atoms with E-state index in [0.717, 1.165) is 14.7 Å². The molecule has 5 nitrogen and oxygen atoms in total. The molecule has 0 atom stereocenters. The Balaban J connectivity index is 2.55. The maximum Gasteiger partial charge on any atom is 0.325 e. The van der Waals surface area contributed by atoms with Crippen molar-refractivity contribution in [2.75, 3.05) is 7.11 Å². The minimum absolute atomic E-state index is 0.0337. The lowest BCUT2D eigenvalue weighted by atomic mass is 10.1. The maximum absolute atomic E-state index is 12.0. The van der Waals surface area contributed by atoms with E-state index in [1.807, 2.05) is 32.0 Å². The number of ether oxygens (including phenoxy) is 1. The lowest BCUT2D eigenvalue weighted by molar-refractivity contribution is -0.141. The zero-order valence-electron chi connectivity index (χ0n) is 12.6. The quantitative estimate of drug-likeness (QED) is 0.760. The summed E-state index contributed by atoms with van der Waals surface area (Å²) in [7, 11) is 1.34. The Morgan fingerprint density at radius 2 is 2.14 bits per heavy atom. The maximum atomic E-state index is 12.0. The van der Waals surface area contributed by atoms with Gasteiger partial charge in [-0.2, -0.15) is 4.99 Å². The van der Waals surface area contributed by atoms with Gasteiger partial charge in [0.25, 0.3) is 0 Å². The van der Waals surface area contributed by atoms with E-state index in [2.05, 4.69) is 20.9 Å². The minimum atomic E-state index is -0.375. The summed E-state index contributed by atoms with van der Waals surface area (Å²) in [6.07, 6.45) is 0.385. The Morgan fingerprint density at radius 3 is 2.77 bits per heavy atom. The minimum Gasteiger partial charge on any atom is -0.468 e. The smallest absolute Gasteiger partial charge is 0.325 e. The third-order valence-corrected chi connectivity index (χ3v) is 4.50. The number of hydrogen-bond donors (Lipinski definition) is 0.